The third kappa shape index (κ3) is 2.85. The highest BCUT2D eigenvalue weighted by molar-refractivity contribution is 6.08. The van der Waals surface area contributed by atoms with Gasteiger partial charge >= 0.3 is 0 Å². The highest BCUT2D eigenvalue weighted by Crippen LogP contribution is 2.34. The molecule has 0 saturated carbocycles. The van der Waals surface area contributed by atoms with Crippen LogP contribution < -0.4 is 4.74 Å². The molecule has 0 unspecified atom stereocenters. The van der Waals surface area contributed by atoms with E-state index in [1.165, 1.54) is 11.1 Å². The largest absolute Gasteiger partial charge is 0.497 e. The molecule has 0 spiro atoms. The summed E-state index contributed by atoms with van der Waals surface area (Å²) in [5.41, 5.74) is 7.58. The van der Waals surface area contributed by atoms with E-state index in [1.807, 2.05) is 53.3 Å². The fraction of sp³-hybridized carbons (Fsp3) is 0.120. The van der Waals surface area contributed by atoms with Crippen LogP contribution in [0.25, 0.3) is 38.8 Å². The monoisotopic (exact) mass is 379 g/mol. The number of para-hydroxylation sites is 1. The molecule has 5 aromatic rings. The zero-order valence-electron chi connectivity index (χ0n) is 16.7. The summed E-state index contributed by atoms with van der Waals surface area (Å²) in [5, 5.41) is 7.17. The van der Waals surface area contributed by atoms with Gasteiger partial charge in [-0.1, -0.05) is 30.3 Å². The van der Waals surface area contributed by atoms with Gasteiger partial charge in [-0.3, -0.25) is 4.98 Å². The molecule has 2 aromatic heterocycles. The third-order valence-corrected chi connectivity index (χ3v) is 5.51. The molecule has 4 heteroatoms. The Kier molecular flexibility index (Phi) is 4.06. The highest BCUT2D eigenvalue weighted by atomic mass is 16.5. The predicted molar refractivity (Wildman–Crippen MR) is 118 cm³/mol. The molecule has 0 aliphatic heterocycles. The molecule has 0 aliphatic carbocycles. The second-order valence-corrected chi connectivity index (χ2v) is 7.30. The molecule has 0 saturated heterocycles. The summed E-state index contributed by atoms with van der Waals surface area (Å²) in [4.78, 5) is 4.70. The van der Waals surface area contributed by atoms with Crippen LogP contribution >= 0.6 is 0 Å². The summed E-state index contributed by atoms with van der Waals surface area (Å²) in [5.74, 6) is 0.825. The molecule has 0 bridgehead atoms. The van der Waals surface area contributed by atoms with Crippen LogP contribution in [0, 0.1) is 13.8 Å². The van der Waals surface area contributed by atoms with Gasteiger partial charge in [-0.05, 0) is 61.4 Å². The summed E-state index contributed by atoms with van der Waals surface area (Å²) in [6.45, 7) is 4.26. The van der Waals surface area contributed by atoms with Gasteiger partial charge in [0.05, 0.1) is 23.8 Å². The first kappa shape index (κ1) is 17.4. The number of hydrogen-bond donors (Lipinski definition) is 0. The van der Waals surface area contributed by atoms with Gasteiger partial charge in [0, 0.05) is 22.5 Å². The lowest BCUT2D eigenvalue weighted by atomic mass is 10.0. The number of hydrogen-bond acceptors (Lipinski definition) is 3. The molecule has 29 heavy (non-hydrogen) atoms. The first-order chi connectivity index (χ1) is 14.2. The van der Waals surface area contributed by atoms with E-state index in [-0.39, 0.29) is 0 Å². The molecule has 0 amide bonds. The number of benzene rings is 3. The van der Waals surface area contributed by atoms with Crippen molar-refractivity contribution in [2.45, 2.75) is 13.8 Å². The molecule has 0 aliphatic rings. The molecule has 3 aromatic carbocycles. The van der Waals surface area contributed by atoms with Crippen LogP contribution in [0.4, 0.5) is 0 Å². The average Bonchev–Trinajstić information content (AvgIpc) is 3.16. The normalized spacial score (nSPS) is 11.3. The molecule has 0 atom stereocenters. The minimum Gasteiger partial charge on any atom is -0.497 e. The van der Waals surface area contributed by atoms with E-state index in [9.17, 15) is 0 Å². The van der Waals surface area contributed by atoms with E-state index in [0.717, 1.165) is 44.5 Å². The number of methoxy groups -OCH3 is 1. The molecule has 5 rings (SSSR count). The number of rotatable bonds is 3. The van der Waals surface area contributed by atoms with Crippen molar-refractivity contribution in [2.75, 3.05) is 7.11 Å². The van der Waals surface area contributed by atoms with E-state index in [1.54, 1.807) is 7.11 Å². The molecule has 0 N–H and O–H groups in total. The van der Waals surface area contributed by atoms with Crippen LogP contribution in [0.5, 0.6) is 5.75 Å². The van der Waals surface area contributed by atoms with Crippen LogP contribution in [0.2, 0.25) is 0 Å². The highest BCUT2D eigenvalue weighted by Gasteiger charge is 2.17. The lowest BCUT2D eigenvalue weighted by Gasteiger charge is -2.07. The maximum Gasteiger partial charge on any atom is 0.119 e. The number of ether oxygens (including phenoxy) is 1. The van der Waals surface area contributed by atoms with Gasteiger partial charge in [0.15, 0.2) is 0 Å². The van der Waals surface area contributed by atoms with Crippen molar-refractivity contribution >= 4 is 21.8 Å². The van der Waals surface area contributed by atoms with Gasteiger partial charge < -0.3 is 4.74 Å². The van der Waals surface area contributed by atoms with Gasteiger partial charge in [-0.2, -0.15) is 5.10 Å². The number of aryl methyl sites for hydroxylation is 2. The second-order valence-electron chi connectivity index (χ2n) is 7.30. The van der Waals surface area contributed by atoms with Crippen molar-refractivity contribution in [2.24, 2.45) is 0 Å². The van der Waals surface area contributed by atoms with Gasteiger partial charge in [-0.25, -0.2) is 4.68 Å². The van der Waals surface area contributed by atoms with Crippen molar-refractivity contribution in [3.63, 3.8) is 0 Å². The Morgan fingerprint density at radius 3 is 2.38 bits per heavy atom. The minimum atomic E-state index is 0.825. The van der Waals surface area contributed by atoms with Crippen LogP contribution in [0.1, 0.15) is 11.1 Å². The van der Waals surface area contributed by atoms with E-state index in [4.69, 9.17) is 14.8 Å². The van der Waals surface area contributed by atoms with Crippen LogP contribution in [-0.4, -0.2) is 21.9 Å². The summed E-state index contributed by atoms with van der Waals surface area (Å²) in [6.07, 6.45) is 1.94. The number of nitrogens with zero attached hydrogens (tertiary/aromatic N) is 3. The number of fused-ring (bicyclic) bond motifs is 3. The van der Waals surface area contributed by atoms with Crippen molar-refractivity contribution in [1.29, 1.82) is 0 Å². The standard InChI is InChI=1S/C25H21N3O/c1-16-8-9-18(14-17(16)2)24-22-15-26-23-7-5-4-6-21(23)25(22)28(27-24)19-10-12-20(29-3)13-11-19/h4-15H,1-3H3. The molecule has 4 nitrogen and oxygen atoms in total. The van der Waals surface area contributed by atoms with E-state index >= 15 is 0 Å². The fourth-order valence-corrected chi connectivity index (χ4v) is 3.74. The maximum atomic E-state index is 5.32. The fourth-order valence-electron chi connectivity index (χ4n) is 3.74. The van der Waals surface area contributed by atoms with Gasteiger partial charge in [0.25, 0.3) is 0 Å². The van der Waals surface area contributed by atoms with Gasteiger partial charge in [0.2, 0.25) is 0 Å². The molecule has 0 fully saturated rings. The van der Waals surface area contributed by atoms with E-state index in [2.05, 4.69) is 38.1 Å². The Morgan fingerprint density at radius 1 is 0.828 bits per heavy atom. The smallest absolute Gasteiger partial charge is 0.119 e. The maximum absolute atomic E-state index is 5.32. The lowest BCUT2D eigenvalue weighted by Crippen LogP contribution is -1.97. The topological polar surface area (TPSA) is 39.9 Å². The van der Waals surface area contributed by atoms with Crippen LogP contribution in [-0.2, 0) is 0 Å². The average molecular weight is 379 g/mol. The zero-order chi connectivity index (χ0) is 20.0. The molecule has 142 valence electrons. The van der Waals surface area contributed by atoms with Crippen molar-refractivity contribution in [3.05, 3.63) is 84.1 Å². The van der Waals surface area contributed by atoms with Crippen molar-refractivity contribution < 1.29 is 4.74 Å². The summed E-state index contributed by atoms with van der Waals surface area (Å²) in [7, 11) is 1.68. The summed E-state index contributed by atoms with van der Waals surface area (Å²) in [6, 6.07) is 22.7. The van der Waals surface area contributed by atoms with Crippen molar-refractivity contribution in [3.8, 4) is 22.7 Å². The quantitative estimate of drug-likeness (QED) is 0.394. The Morgan fingerprint density at radius 2 is 1.62 bits per heavy atom. The first-order valence-electron chi connectivity index (χ1n) is 9.64. The molecule has 0 radical (unpaired) electrons. The van der Waals surface area contributed by atoms with Crippen LogP contribution in [0.15, 0.2) is 72.9 Å². The lowest BCUT2D eigenvalue weighted by molar-refractivity contribution is 0.414. The minimum absolute atomic E-state index is 0.825. The summed E-state index contributed by atoms with van der Waals surface area (Å²) >= 11 is 0. The Bertz CT molecular complexity index is 1350. The first-order valence-corrected chi connectivity index (χ1v) is 9.64. The molecule has 2 heterocycles. The zero-order valence-corrected chi connectivity index (χ0v) is 16.7. The SMILES string of the molecule is COc1ccc(-n2nc(-c3ccc(C)c(C)c3)c3cnc4ccccc4c32)cc1. The molecular formula is C25H21N3O. The second kappa shape index (κ2) is 6.74. The van der Waals surface area contributed by atoms with Gasteiger partial charge in [-0.15, -0.1) is 0 Å². The van der Waals surface area contributed by atoms with Crippen LogP contribution in [0.3, 0.4) is 0 Å². The van der Waals surface area contributed by atoms with Crippen molar-refractivity contribution in [1.82, 2.24) is 14.8 Å². The summed E-state index contributed by atoms with van der Waals surface area (Å²) < 4.78 is 7.34. The Hall–Kier alpha value is -3.66. The van der Waals surface area contributed by atoms with Gasteiger partial charge in [0.1, 0.15) is 11.4 Å². The molecular weight excluding hydrogens is 358 g/mol. The van der Waals surface area contributed by atoms with E-state index < -0.39 is 0 Å². The third-order valence-electron chi connectivity index (χ3n) is 5.51. The number of aromatic nitrogens is 3. The Balaban J connectivity index is 1.85. The van der Waals surface area contributed by atoms with E-state index in [0.29, 0.717) is 0 Å². The predicted octanol–water partition coefficient (Wildman–Crippen LogP) is 5.87. The Labute approximate surface area is 169 Å². The number of pyridine rings is 1.